The molecule has 5 rings (SSSR count). The number of sulfonamides is 1. The van der Waals surface area contributed by atoms with Crippen LogP contribution in [-0.2, 0) is 50.0 Å². The highest BCUT2D eigenvalue weighted by Gasteiger charge is 2.33. The number of benzene rings is 2. The maximum absolute atomic E-state index is 13.6. The minimum Gasteiger partial charge on any atom is -0.492 e. The summed E-state index contributed by atoms with van der Waals surface area (Å²) in [5.41, 5.74) is 15.8. The topological polar surface area (TPSA) is 359 Å². The number of rotatable bonds is 27. The summed E-state index contributed by atoms with van der Waals surface area (Å²) in [5, 5.41) is 30.6. The van der Waals surface area contributed by atoms with Crippen molar-refractivity contribution >= 4 is 73.0 Å². The highest BCUT2D eigenvalue weighted by atomic mass is 32.2. The lowest BCUT2D eigenvalue weighted by Crippen LogP contribution is -2.56. The number of amides is 6. The molecule has 3 aromatic rings. The van der Waals surface area contributed by atoms with E-state index < -0.39 is 69.6 Å². The van der Waals surface area contributed by atoms with E-state index in [2.05, 4.69) is 47.2 Å². The molecule has 0 radical (unpaired) electrons. The fraction of sp³-hybridized carbons (Fsp3) is 0.415. The van der Waals surface area contributed by atoms with Crippen LogP contribution in [0.1, 0.15) is 45.1 Å². The van der Waals surface area contributed by atoms with Gasteiger partial charge in [0.1, 0.15) is 49.4 Å². The van der Waals surface area contributed by atoms with Gasteiger partial charge in [-0.1, -0.05) is 31.1 Å². The lowest BCUT2D eigenvalue weighted by atomic mass is 10.0. The summed E-state index contributed by atoms with van der Waals surface area (Å²) in [6.07, 6.45) is 4.59. The molecule has 0 spiro atoms. The third-order valence-corrected chi connectivity index (χ3v) is 12.4. The van der Waals surface area contributed by atoms with Crippen molar-refractivity contribution in [3.05, 3.63) is 82.5 Å². The van der Waals surface area contributed by atoms with Crippen molar-refractivity contribution in [1.82, 2.24) is 47.1 Å². The number of unbranched alkanes of at least 4 members (excludes halogenated alkanes) is 1. The fourth-order valence-corrected chi connectivity index (χ4v) is 8.42. The van der Waals surface area contributed by atoms with Crippen molar-refractivity contribution in [1.29, 1.82) is 0 Å². The molecule has 0 unspecified atom stereocenters. The summed E-state index contributed by atoms with van der Waals surface area (Å²) in [4.78, 5) is 94.8. The van der Waals surface area contributed by atoms with Gasteiger partial charge in [0, 0.05) is 49.2 Å². The first-order chi connectivity index (χ1) is 32.4. The van der Waals surface area contributed by atoms with E-state index in [0.29, 0.717) is 45.8 Å². The van der Waals surface area contributed by atoms with Crippen LogP contribution >= 0.6 is 11.3 Å². The maximum Gasteiger partial charge on any atom is 0.326 e. The van der Waals surface area contributed by atoms with Gasteiger partial charge >= 0.3 is 5.97 Å². The van der Waals surface area contributed by atoms with Crippen LogP contribution in [-0.4, -0.2) is 127 Å². The quantitative estimate of drug-likeness (QED) is 0.0166. The minimum atomic E-state index is -3.96. The molecule has 0 bridgehead atoms. The van der Waals surface area contributed by atoms with Crippen LogP contribution < -0.4 is 46.8 Å². The number of hydrogen-bond donors (Lipinski definition) is 8. The molecule has 364 valence electrons. The van der Waals surface area contributed by atoms with Crippen LogP contribution in [0.4, 0.5) is 0 Å². The Hall–Kier alpha value is -7.32. The molecule has 0 aliphatic carbocycles. The maximum atomic E-state index is 13.6. The molecule has 0 saturated heterocycles. The van der Waals surface area contributed by atoms with Crippen molar-refractivity contribution in [2.75, 3.05) is 39.4 Å². The number of ether oxygens (including phenoxy) is 2. The summed E-state index contributed by atoms with van der Waals surface area (Å²) in [7, 11) is -3.96. The molecule has 2 aromatic carbocycles. The van der Waals surface area contributed by atoms with Gasteiger partial charge in [-0.05, 0) is 66.6 Å². The highest BCUT2D eigenvalue weighted by molar-refractivity contribution is 7.91. The Morgan fingerprint density at radius 3 is 2.34 bits per heavy atom. The van der Waals surface area contributed by atoms with Crippen molar-refractivity contribution in [2.24, 2.45) is 16.2 Å². The molecule has 3 atom stereocenters. The average molecular weight is 982 g/mol. The molecule has 9 N–H and O–H groups in total. The molecule has 68 heavy (non-hydrogen) atoms. The first-order valence-corrected chi connectivity index (χ1v) is 23.5. The number of carbonyl (C=O) groups excluding carboxylic acids is 6. The molecule has 1 aromatic heterocycles. The van der Waals surface area contributed by atoms with Gasteiger partial charge in [-0.15, -0.1) is 16.9 Å². The van der Waals surface area contributed by atoms with Gasteiger partial charge in [0.25, 0.3) is 21.8 Å². The molecule has 0 fully saturated rings. The number of imide groups is 1. The average Bonchev–Trinajstić information content (AvgIpc) is 4.03. The number of primary sulfonamides is 1. The summed E-state index contributed by atoms with van der Waals surface area (Å²) in [6, 6.07) is 8.26. The number of aromatic nitrogens is 1. The number of hydrogen-bond acceptors (Lipinski definition) is 17. The normalized spacial score (nSPS) is 14.7. The Labute approximate surface area is 393 Å². The van der Waals surface area contributed by atoms with Crippen LogP contribution in [0.3, 0.4) is 0 Å². The number of nitrogens with one attached hydrogen (secondary N) is 6. The molecule has 2 aliphatic rings. The summed E-state index contributed by atoms with van der Waals surface area (Å²) >= 11 is 0.914. The van der Waals surface area contributed by atoms with E-state index in [-0.39, 0.29) is 68.9 Å². The summed E-state index contributed by atoms with van der Waals surface area (Å²) < 4.78 is 35.4. The first-order valence-electron chi connectivity index (χ1n) is 21.1. The predicted octanol–water partition coefficient (Wildman–Crippen LogP) is 0.217. The van der Waals surface area contributed by atoms with E-state index in [4.69, 9.17) is 20.1 Å². The Balaban J connectivity index is 1.08. The largest absolute Gasteiger partial charge is 0.492 e. The monoisotopic (exact) mass is 981 g/mol. The standard InChI is InChI=1S/C41H51N13O12S2/c1-24(2)37(54-22-26(50-52-54)23-66-28-10-11-29-32(20-28)67-41(49-29)68(43,63)64)39(60)48-31(40(61)62)19-25-6-8-27(9-7-25)65-18-16-45-38(59)30(5-3-4-15-44-34(56)21-46-51-42)47-33(55)14-17-53-35(57)12-13-36(53)58/h6-13,20,22,24,30-31,37,50,52H,3-5,14-19,21,23H2,1-2H3,(H,44,56)(H,45,59)(H,47,55)(H,48,60)(H,61,62)(H2,43,63,64)/t30-,31-,37-/m0/s1. The van der Waals surface area contributed by atoms with Gasteiger partial charge in [0.15, 0.2) is 0 Å². The van der Waals surface area contributed by atoms with Crippen molar-refractivity contribution in [3.63, 3.8) is 0 Å². The number of carbonyl (C=O) groups is 7. The van der Waals surface area contributed by atoms with Crippen molar-refractivity contribution in [2.45, 2.75) is 68.4 Å². The van der Waals surface area contributed by atoms with Gasteiger partial charge in [-0.25, -0.2) is 23.3 Å². The molecular formula is C41H51N13O12S2. The number of nitrogens with zero attached hydrogens (tertiary/aromatic N) is 6. The summed E-state index contributed by atoms with van der Waals surface area (Å²) in [5.74, 6) is -3.86. The van der Waals surface area contributed by atoms with Gasteiger partial charge in [-0.2, -0.15) is 0 Å². The fourth-order valence-electron chi connectivity index (χ4n) is 6.73. The van der Waals surface area contributed by atoms with Crippen LogP contribution in [0.15, 0.2) is 76.0 Å². The smallest absolute Gasteiger partial charge is 0.326 e. The number of aliphatic carboxylic acids is 1. The summed E-state index contributed by atoms with van der Waals surface area (Å²) in [6.45, 7) is 3.43. The van der Waals surface area contributed by atoms with E-state index in [1.165, 1.54) is 5.01 Å². The lowest BCUT2D eigenvalue weighted by molar-refractivity contribution is -0.143. The lowest BCUT2D eigenvalue weighted by Gasteiger charge is -2.30. The van der Waals surface area contributed by atoms with Crippen LogP contribution in [0.5, 0.6) is 11.5 Å². The van der Waals surface area contributed by atoms with Gasteiger partial charge in [-0.3, -0.25) is 38.7 Å². The van der Waals surface area contributed by atoms with Crippen molar-refractivity contribution < 1.29 is 56.6 Å². The Bertz CT molecular complexity index is 2560. The molecule has 0 saturated carbocycles. The van der Waals surface area contributed by atoms with E-state index >= 15 is 0 Å². The molecule has 27 heteroatoms. The third-order valence-electron chi connectivity index (χ3n) is 10.1. The van der Waals surface area contributed by atoms with E-state index in [1.807, 2.05) is 0 Å². The van der Waals surface area contributed by atoms with Gasteiger partial charge < -0.3 is 41.3 Å². The number of azide groups is 1. The second kappa shape index (κ2) is 24.4. The third kappa shape index (κ3) is 15.4. The van der Waals surface area contributed by atoms with Gasteiger partial charge in [0.2, 0.25) is 28.0 Å². The zero-order valence-corrected chi connectivity index (χ0v) is 38.5. The van der Waals surface area contributed by atoms with E-state index in [0.717, 1.165) is 28.4 Å². The Morgan fingerprint density at radius 2 is 1.66 bits per heavy atom. The van der Waals surface area contributed by atoms with E-state index in [1.54, 1.807) is 62.5 Å². The number of carboxylic acids is 1. The zero-order chi connectivity index (χ0) is 49.4. The van der Waals surface area contributed by atoms with Crippen molar-refractivity contribution in [3.8, 4) is 11.5 Å². The second-order valence-electron chi connectivity index (χ2n) is 15.6. The number of carboxylic acid groups (broad SMARTS) is 1. The molecule has 2 aliphatic heterocycles. The Morgan fingerprint density at radius 1 is 0.941 bits per heavy atom. The number of thiazole rings is 1. The van der Waals surface area contributed by atoms with Gasteiger partial charge in [0.05, 0.1) is 22.5 Å². The second-order valence-corrected chi connectivity index (χ2v) is 18.3. The number of nitrogens with two attached hydrogens (primary N) is 1. The van der Waals surface area contributed by atoms with Crippen LogP contribution in [0.25, 0.3) is 20.7 Å². The Kier molecular flexibility index (Phi) is 18.6. The number of hydrazine groups is 2. The predicted molar refractivity (Wildman–Crippen MR) is 243 cm³/mol. The molecule has 6 amide bonds. The molecular weight excluding hydrogens is 931 g/mol. The molecule has 3 heterocycles. The van der Waals surface area contributed by atoms with Crippen LogP contribution in [0.2, 0.25) is 0 Å². The minimum absolute atomic E-state index is 0.0219. The first kappa shape index (κ1) is 51.7. The number of fused-ring (bicyclic) bond motifs is 1. The van der Waals surface area contributed by atoms with E-state index in [9.17, 15) is 47.1 Å². The zero-order valence-electron chi connectivity index (χ0n) is 36.9. The SMILES string of the molecule is CC(C)[C@@H](C(=O)N[C@@H](Cc1ccc(OCCNC(=O)[C@H](CCCCNC(=O)CN=[N+]=[N-])NC(=O)CCN2C(=O)C=CC2=O)cc1)C(=O)O)N1C=C(COc2ccc3nc(S(N)(=O)=O)sc3c2)NN1. The molecule has 25 nitrogen and oxygen atoms in total. The van der Waals surface area contributed by atoms with Crippen LogP contribution in [0, 0.1) is 5.92 Å². The highest BCUT2D eigenvalue weighted by Crippen LogP contribution is 2.28.